The molecule has 0 aromatic heterocycles. The van der Waals surface area contributed by atoms with E-state index in [1.807, 2.05) is 6.92 Å². The number of hydrogen-bond acceptors (Lipinski definition) is 6. The van der Waals surface area contributed by atoms with Gasteiger partial charge in [0.1, 0.15) is 0 Å². The fraction of sp³-hybridized carbons (Fsp3) is 1.00. The first-order valence-electron chi connectivity index (χ1n) is 6.16. The Morgan fingerprint density at radius 2 is 1.42 bits per heavy atom. The van der Waals surface area contributed by atoms with Crippen molar-refractivity contribution >= 4 is 7.82 Å². The van der Waals surface area contributed by atoms with Gasteiger partial charge >= 0.3 is 7.82 Å². The number of aliphatic hydroxyl groups is 3. The van der Waals surface area contributed by atoms with Crippen LogP contribution >= 0.6 is 7.82 Å². The van der Waals surface area contributed by atoms with Crippen LogP contribution < -0.4 is 0 Å². The Kier molecular flexibility index (Phi) is 16.1. The Hall–Kier alpha value is -0.0500. The molecule has 9 heteroatoms. The molecule has 0 aromatic rings. The first-order valence-corrected chi connectivity index (χ1v) is 7.69. The number of hydrogen-bond donors (Lipinski definition) is 5. The molecule has 0 fully saturated rings. The minimum absolute atomic E-state index is 0.0694. The molecule has 8 nitrogen and oxygen atoms in total. The van der Waals surface area contributed by atoms with E-state index in [-0.39, 0.29) is 26.4 Å². The van der Waals surface area contributed by atoms with Crippen molar-refractivity contribution in [3.63, 3.8) is 0 Å². The van der Waals surface area contributed by atoms with Gasteiger partial charge in [-0.15, -0.1) is 0 Å². The summed E-state index contributed by atoms with van der Waals surface area (Å²) in [5.41, 5.74) is 0. The molecule has 0 unspecified atom stereocenters. The highest BCUT2D eigenvalue weighted by Gasteiger charge is 2.11. The number of rotatable bonds is 10. The van der Waals surface area contributed by atoms with Crippen LogP contribution in [0.15, 0.2) is 0 Å². The van der Waals surface area contributed by atoms with Crippen LogP contribution in [0.25, 0.3) is 0 Å². The van der Waals surface area contributed by atoms with Crippen molar-refractivity contribution in [1.82, 2.24) is 4.90 Å². The molecule has 0 heterocycles. The molecule has 0 saturated heterocycles. The monoisotopic (exact) mass is 303 g/mol. The molecule has 0 amide bonds. The Morgan fingerprint density at radius 1 is 1.00 bits per heavy atom. The van der Waals surface area contributed by atoms with Crippen LogP contribution in [-0.2, 0) is 9.09 Å². The lowest BCUT2D eigenvalue weighted by atomic mass is 10.4. The van der Waals surface area contributed by atoms with Gasteiger partial charge in [-0.05, 0) is 6.42 Å². The predicted molar refractivity (Wildman–Crippen MR) is 70.6 cm³/mol. The van der Waals surface area contributed by atoms with Gasteiger partial charge in [-0.25, -0.2) is 4.57 Å². The summed E-state index contributed by atoms with van der Waals surface area (Å²) >= 11 is 0. The number of unbranched alkanes of at least 4 members (excludes halogenated alkanes) is 1. The molecule has 5 N–H and O–H groups in total. The molecular weight excluding hydrogens is 277 g/mol. The van der Waals surface area contributed by atoms with E-state index in [0.29, 0.717) is 26.1 Å². The zero-order valence-corrected chi connectivity index (χ0v) is 12.2. The largest absolute Gasteiger partial charge is 0.469 e. The van der Waals surface area contributed by atoms with Crippen LogP contribution in [-0.4, -0.2) is 76.1 Å². The van der Waals surface area contributed by atoms with E-state index in [2.05, 4.69) is 4.52 Å². The van der Waals surface area contributed by atoms with Crippen molar-refractivity contribution in [2.75, 3.05) is 46.1 Å². The quantitative estimate of drug-likeness (QED) is 0.261. The maximum Gasteiger partial charge on any atom is 0.469 e. The van der Waals surface area contributed by atoms with Crippen molar-refractivity contribution in [1.29, 1.82) is 0 Å². The van der Waals surface area contributed by atoms with Crippen LogP contribution in [0.2, 0.25) is 0 Å². The minimum atomic E-state index is -4.20. The fourth-order valence-corrected chi connectivity index (χ4v) is 1.45. The SMILES string of the molecule is CCCCOP(=O)(O)O.OCCN(CCO)CCO. The highest BCUT2D eigenvalue weighted by Crippen LogP contribution is 2.35. The Balaban J connectivity index is 0. The standard InChI is InChI=1S/C6H15NO3.C4H11O4P/c8-4-1-7(2-5-9)3-6-10;1-2-3-4-8-9(5,6)7/h8-10H,1-6H2;2-4H2,1H3,(H2,5,6,7). The third-order valence-electron chi connectivity index (χ3n) is 2.01. The number of nitrogens with zero attached hydrogens (tertiary/aromatic N) is 1. The lowest BCUT2D eigenvalue weighted by molar-refractivity contribution is 0.136. The van der Waals surface area contributed by atoms with E-state index >= 15 is 0 Å². The summed E-state index contributed by atoms with van der Waals surface area (Å²) in [5, 5.41) is 25.5. The molecule has 0 aromatic carbocycles. The van der Waals surface area contributed by atoms with Crippen LogP contribution in [0.5, 0.6) is 0 Å². The molecule has 0 spiro atoms. The molecule has 0 aliphatic rings. The predicted octanol–water partition coefficient (Wildman–Crippen LogP) is -0.839. The van der Waals surface area contributed by atoms with Crippen molar-refractivity contribution in [3.8, 4) is 0 Å². The second kappa shape index (κ2) is 14.4. The summed E-state index contributed by atoms with van der Waals surface area (Å²) in [6.45, 7) is 3.81. The van der Waals surface area contributed by atoms with E-state index in [9.17, 15) is 4.57 Å². The average Bonchev–Trinajstić information content (AvgIpc) is 2.30. The molecule has 0 saturated carbocycles. The van der Waals surface area contributed by atoms with Gasteiger partial charge in [0.25, 0.3) is 0 Å². The van der Waals surface area contributed by atoms with Gasteiger partial charge in [0.2, 0.25) is 0 Å². The van der Waals surface area contributed by atoms with Gasteiger partial charge in [-0.3, -0.25) is 9.42 Å². The molecule has 118 valence electrons. The van der Waals surface area contributed by atoms with Gasteiger partial charge in [0, 0.05) is 19.6 Å². The second-order valence-corrected chi connectivity index (χ2v) is 4.93. The fourth-order valence-electron chi connectivity index (χ4n) is 1.09. The third-order valence-corrected chi connectivity index (χ3v) is 2.52. The smallest absolute Gasteiger partial charge is 0.395 e. The van der Waals surface area contributed by atoms with E-state index in [0.717, 1.165) is 6.42 Å². The maximum absolute atomic E-state index is 9.98. The number of phosphoric ester groups is 1. The molecule has 0 rings (SSSR count). The van der Waals surface area contributed by atoms with Gasteiger partial charge in [-0.1, -0.05) is 13.3 Å². The topological polar surface area (TPSA) is 131 Å². The van der Waals surface area contributed by atoms with Gasteiger partial charge in [0.15, 0.2) is 0 Å². The molecule has 0 aliphatic heterocycles. The van der Waals surface area contributed by atoms with Gasteiger partial charge in [-0.2, -0.15) is 0 Å². The van der Waals surface area contributed by atoms with Crippen molar-refractivity contribution in [3.05, 3.63) is 0 Å². The molecule has 0 radical (unpaired) electrons. The molecular formula is C10H26NO7P. The summed E-state index contributed by atoms with van der Waals surface area (Å²) < 4.78 is 14.1. The van der Waals surface area contributed by atoms with Crippen LogP contribution in [0, 0.1) is 0 Å². The van der Waals surface area contributed by atoms with Crippen LogP contribution in [0.1, 0.15) is 19.8 Å². The van der Waals surface area contributed by atoms with Gasteiger partial charge in [0.05, 0.1) is 26.4 Å². The zero-order chi connectivity index (χ0) is 15.1. The number of aliphatic hydroxyl groups excluding tert-OH is 3. The summed E-state index contributed by atoms with van der Waals surface area (Å²) in [6, 6.07) is 0. The van der Waals surface area contributed by atoms with Gasteiger partial charge < -0.3 is 25.1 Å². The summed E-state index contributed by atoms with van der Waals surface area (Å²) in [7, 11) is -4.20. The first kappa shape index (κ1) is 21.3. The Labute approximate surface area is 113 Å². The molecule has 0 atom stereocenters. The Morgan fingerprint density at radius 3 is 1.68 bits per heavy atom. The summed E-state index contributed by atoms with van der Waals surface area (Å²) in [5.74, 6) is 0. The summed E-state index contributed by atoms with van der Waals surface area (Å²) in [6.07, 6.45) is 1.56. The molecule has 0 aliphatic carbocycles. The van der Waals surface area contributed by atoms with Crippen LogP contribution in [0.4, 0.5) is 0 Å². The lowest BCUT2D eigenvalue weighted by Crippen LogP contribution is -2.32. The number of phosphoric acid groups is 1. The van der Waals surface area contributed by atoms with E-state index in [1.54, 1.807) is 4.90 Å². The minimum Gasteiger partial charge on any atom is -0.395 e. The maximum atomic E-state index is 9.98. The van der Waals surface area contributed by atoms with Crippen molar-refractivity contribution < 1.29 is 34.2 Å². The zero-order valence-electron chi connectivity index (χ0n) is 11.3. The van der Waals surface area contributed by atoms with E-state index in [4.69, 9.17) is 25.1 Å². The summed E-state index contributed by atoms with van der Waals surface area (Å²) in [4.78, 5) is 18.1. The Bertz CT molecular complexity index is 210. The molecule has 19 heavy (non-hydrogen) atoms. The third kappa shape index (κ3) is 20.4. The van der Waals surface area contributed by atoms with Crippen LogP contribution in [0.3, 0.4) is 0 Å². The van der Waals surface area contributed by atoms with Crippen molar-refractivity contribution in [2.24, 2.45) is 0 Å². The highest BCUT2D eigenvalue weighted by molar-refractivity contribution is 7.46. The average molecular weight is 303 g/mol. The second-order valence-electron chi connectivity index (χ2n) is 3.69. The normalized spacial score (nSPS) is 11.3. The van der Waals surface area contributed by atoms with E-state index in [1.165, 1.54) is 0 Å². The highest BCUT2D eigenvalue weighted by atomic mass is 31.2. The van der Waals surface area contributed by atoms with E-state index < -0.39 is 7.82 Å². The first-order chi connectivity index (χ1) is 8.91. The molecule has 0 bridgehead atoms. The lowest BCUT2D eigenvalue weighted by Gasteiger charge is -2.17. The van der Waals surface area contributed by atoms with Crippen molar-refractivity contribution in [2.45, 2.75) is 19.8 Å².